The maximum atomic E-state index is 12.4. The van der Waals surface area contributed by atoms with Crippen LogP contribution in [0.5, 0.6) is 0 Å². The van der Waals surface area contributed by atoms with Crippen LogP contribution < -0.4 is 0 Å². The van der Waals surface area contributed by atoms with Gasteiger partial charge in [0.15, 0.2) is 0 Å². The smallest absolute Gasteiger partial charge is 0.296 e. The number of β-amino-alcohol motifs (C(OH)–C–C–N with tert-alkyl or cyclic N) is 1. The van der Waals surface area contributed by atoms with Crippen LogP contribution in [0.25, 0.3) is 0 Å². The fourth-order valence-corrected chi connectivity index (χ4v) is 2.96. The molecule has 6 heteroatoms. The highest BCUT2D eigenvalue weighted by Gasteiger charge is 2.37. The van der Waals surface area contributed by atoms with Gasteiger partial charge < -0.3 is 14.6 Å². The summed E-state index contributed by atoms with van der Waals surface area (Å²) in [5.41, 5.74) is 1.23. The van der Waals surface area contributed by atoms with E-state index in [0.29, 0.717) is 18.7 Å². The van der Waals surface area contributed by atoms with Gasteiger partial charge in [-0.25, -0.2) is 0 Å². The molecule has 3 heterocycles. The number of pyridine rings is 1. The van der Waals surface area contributed by atoms with Gasteiger partial charge in [0, 0.05) is 44.1 Å². The number of hydrogen-bond donors (Lipinski definition) is 1. The number of aromatic nitrogens is 2. The van der Waals surface area contributed by atoms with Crippen molar-refractivity contribution in [2.75, 3.05) is 13.1 Å². The second kappa shape index (κ2) is 6.34. The highest BCUT2D eigenvalue weighted by Crippen LogP contribution is 2.21. The van der Waals surface area contributed by atoms with Gasteiger partial charge in [0.2, 0.25) is 0 Å². The molecule has 0 unspecified atom stereocenters. The second-order valence-corrected chi connectivity index (χ2v) is 5.90. The van der Waals surface area contributed by atoms with Crippen molar-refractivity contribution in [1.82, 2.24) is 14.5 Å². The standard InChI is InChI=1S/C17H19N3O3/c1-19-8-4-6-14(19)16(22)17(23)20-10-12(15(21)11-20)9-13-5-2-3-7-18-13/h2-8,12,15,21H,9-11H2,1H3/t12-,15-/m1/s1. The van der Waals surface area contributed by atoms with E-state index in [2.05, 4.69) is 4.98 Å². The lowest BCUT2D eigenvalue weighted by Gasteiger charge is -2.15. The van der Waals surface area contributed by atoms with E-state index in [9.17, 15) is 14.7 Å². The van der Waals surface area contributed by atoms with E-state index >= 15 is 0 Å². The van der Waals surface area contributed by atoms with Crippen molar-refractivity contribution in [3.63, 3.8) is 0 Å². The van der Waals surface area contributed by atoms with Crippen molar-refractivity contribution >= 4 is 11.7 Å². The fraction of sp³-hybridized carbons (Fsp3) is 0.353. The van der Waals surface area contributed by atoms with Gasteiger partial charge in [0.25, 0.3) is 11.7 Å². The van der Waals surface area contributed by atoms with Crippen molar-refractivity contribution < 1.29 is 14.7 Å². The number of nitrogens with zero attached hydrogens (tertiary/aromatic N) is 3. The van der Waals surface area contributed by atoms with Crippen LogP contribution in [0.1, 0.15) is 16.2 Å². The monoisotopic (exact) mass is 313 g/mol. The van der Waals surface area contributed by atoms with Crippen LogP contribution in [0.15, 0.2) is 42.7 Å². The first-order valence-corrected chi connectivity index (χ1v) is 7.59. The molecule has 120 valence electrons. The van der Waals surface area contributed by atoms with Gasteiger partial charge in [-0.3, -0.25) is 14.6 Å². The molecule has 0 saturated carbocycles. The normalized spacial score (nSPS) is 20.7. The minimum atomic E-state index is -0.637. The molecule has 1 aliphatic rings. The van der Waals surface area contributed by atoms with E-state index in [1.807, 2.05) is 18.2 Å². The molecule has 1 saturated heterocycles. The van der Waals surface area contributed by atoms with Gasteiger partial charge in [-0.1, -0.05) is 6.07 Å². The van der Waals surface area contributed by atoms with E-state index in [-0.39, 0.29) is 12.5 Å². The fourth-order valence-electron chi connectivity index (χ4n) is 2.96. The minimum Gasteiger partial charge on any atom is -0.391 e. The van der Waals surface area contributed by atoms with Gasteiger partial charge in [0.05, 0.1) is 11.8 Å². The summed E-state index contributed by atoms with van der Waals surface area (Å²) in [4.78, 5) is 30.3. The lowest BCUT2D eigenvalue weighted by atomic mass is 10.00. The lowest BCUT2D eigenvalue weighted by Crippen LogP contribution is -2.36. The Kier molecular flexibility index (Phi) is 4.25. The number of amides is 1. The maximum Gasteiger partial charge on any atom is 0.296 e. The number of carbonyl (C=O) groups excluding carboxylic acids is 2. The van der Waals surface area contributed by atoms with Crippen molar-refractivity contribution in [3.05, 3.63) is 54.1 Å². The molecule has 0 bridgehead atoms. The Morgan fingerprint density at radius 2 is 2.09 bits per heavy atom. The number of Topliss-reactive ketones (excluding diaryl/α,β-unsaturated/α-hetero) is 1. The molecule has 1 aliphatic heterocycles. The van der Waals surface area contributed by atoms with Crippen molar-refractivity contribution in [2.45, 2.75) is 12.5 Å². The lowest BCUT2D eigenvalue weighted by molar-refractivity contribution is -0.125. The summed E-state index contributed by atoms with van der Waals surface area (Å²) in [6, 6.07) is 8.97. The Morgan fingerprint density at radius 1 is 1.26 bits per heavy atom. The molecule has 1 amide bonds. The summed E-state index contributed by atoms with van der Waals surface area (Å²) < 4.78 is 1.62. The molecule has 2 atom stereocenters. The van der Waals surface area contributed by atoms with Crippen LogP contribution in [0.3, 0.4) is 0 Å². The second-order valence-electron chi connectivity index (χ2n) is 5.90. The third-order valence-electron chi connectivity index (χ3n) is 4.26. The summed E-state index contributed by atoms with van der Waals surface area (Å²) in [5, 5.41) is 10.2. The quantitative estimate of drug-likeness (QED) is 0.665. The molecule has 2 aromatic heterocycles. The van der Waals surface area contributed by atoms with Gasteiger partial charge in [-0.2, -0.15) is 0 Å². The average molecular weight is 313 g/mol. The molecule has 0 radical (unpaired) electrons. The van der Waals surface area contributed by atoms with Crippen LogP contribution in [-0.2, 0) is 18.3 Å². The van der Waals surface area contributed by atoms with Crippen molar-refractivity contribution in [2.24, 2.45) is 13.0 Å². The summed E-state index contributed by atoms with van der Waals surface area (Å²) in [5.74, 6) is -1.20. The summed E-state index contributed by atoms with van der Waals surface area (Å²) >= 11 is 0. The molecule has 1 N–H and O–H groups in total. The van der Waals surface area contributed by atoms with Crippen LogP contribution in [0, 0.1) is 5.92 Å². The zero-order valence-electron chi connectivity index (χ0n) is 12.9. The van der Waals surface area contributed by atoms with Crippen LogP contribution in [0.4, 0.5) is 0 Å². The number of aryl methyl sites for hydroxylation is 1. The van der Waals surface area contributed by atoms with E-state index in [1.54, 1.807) is 36.1 Å². The van der Waals surface area contributed by atoms with Crippen LogP contribution in [0.2, 0.25) is 0 Å². The molecule has 0 aliphatic carbocycles. The summed E-state index contributed by atoms with van der Waals surface area (Å²) in [7, 11) is 1.73. The first-order chi connectivity index (χ1) is 11.1. The average Bonchev–Trinajstić information content (AvgIpc) is 3.13. The molecule has 1 fully saturated rings. The number of carbonyl (C=O) groups is 2. The number of rotatable bonds is 4. The van der Waals surface area contributed by atoms with Gasteiger partial charge in [-0.15, -0.1) is 0 Å². The Hall–Kier alpha value is -2.47. The third kappa shape index (κ3) is 3.17. The number of aliphatic hydroxyl groups is 1. The first kappa shape index (κ1) is 15.4. The zero-order chi connectivity index (χ0) is 16.4. The molecule has 6 nitrogen and oxygen atoms in total. The Bertz CT molecular complexity index is 711. The number of hydrogen-bond acceptors (Lipinski definition) is 4. The van der Waals surface area contributed by atoms with Gasteiger partial charge in [0.1, 0.15) is 0 Å². The highest BCUT2D eigenvalue weighted by molar-refractivity contribution is 6.42. The zero-order valence-corrected chi connectivity index (χ0v) is 12.9. The molecule has 0 aromatic carbocycles. The highest BCUT2D eigenvalue weighted by atomic mass is 16.3. The molecule has 0 spiro atoms. The molecule has 2 aromatic rings. The number of aliphatic hydroxyl groups excluding tert-OH is 1. The van der Waals surface area contributed by atoms with Crippen LogP contribution in [-0.4, -0.2) is 50.4 Å². The van der Waals surface area contributed by atoms with E-state index in [0.717, 1.165) is 5.69 Å². The topological polar surface area (TPSA) is 75.4 Å². The molecular weight excluding hydrogens is 294 g/mol. The Labute approximate surface area is 134 Å². The first-order valence-electron chi connectivity index (χ1n) is 7.59. The van der Waals surface area contributed by atoms with Crippen LogP contribution >= 0.6 is 0 Å². The van der Waals surface area contributed by atoms with Crippen molar-refractivity contribution in [3.8, 4) is 0 Å². The predicted octanol–water partition coefficient (Wildman–Crippen LogP) is 0.665. The van der Waals surface area contributed by atoms with Gasteiger partial charge >= 0.3 is 0 Å². The molecular formula is C17H19N3O3. The summed E-state index contributed by atoms with van der Waals surface area (Å²) in [6.07, 6.45) is 3.38. The van der Waals surface area contributed by atoms with Crippen molar-refractivity contribution in [1.29, 1.82) is 0 Å². The largest absolute Gasteiger partial charge is 0.391 e. The van der Waals surface area contributed by atoms with E-state index in [4.69, 9.17) is 0 Å². The minimum absolute atomic E-state index is 0.102. The maximum absolute atomic E-state index is 12.4. The molecule has 3 rings (SSSR count). The van der Waals surface area contributed by atoms with Gasteiger partial charge in [-0.05, 0) is 30.7 Å². The molecule has 23 heavy (non-hydrogen) atoms. The summed E-state index contributed by atoms with van der Waals surface area (Å²) in [6.45, 7) is 0.555. The predicted molar refractivity (Wildman–Crippen MR) is 83.8 cm³/mol. The third-order valence-corrected chi connectivity index (χ3v) is 4.26. The Balaban J connectivity index is 1.67. The Morgan fingerprint density at radius 3 is 2.74 bits per heavy atom. The number of likely N-dealkylation sites (tertiary alicyclic amines) is 1. The SMILES string of the molecule is Cn1cccc1C(=O)C(=O)N1C[C@@H](Cc2ccccn2)[C@H](O)C1. The number of ketones is 1. The van der Waals surface area contributed by atoms with E-state index < -0.39 is 17.8 Å². The van der Waals surface area contributed by atoms with E-state index in [1.165, 1.54) is 4.90 Å².